The van der Waals surface area contributed by atoms with Gasteiger partial charge in [0.05, 0.1) is 10.8 Å². The fourth-order valence-electron chi connectivity index (χ4n) is 4.61. The van der Waals surface area contributed by atoms with Crippen molar-refractivity contribution in [2.75, 3.05) is 0 Å². The summed E-state index contributed by atoms with van der Waals surface area (Å²) in [5, 5.41) is 0. The quantitative estimate of drug-likeness (QED) is 0.304. The number of hydrogen-bond donors (Lipinski definition) is 0. The highest BCUT2D eigenvalue weighted by molar-refractivity contribution is 7.97. The van der Waals surface area contributed by atoms with E-state index in [0.29, 0.717) is 22.3 Å². The summed E-state index contributed by atoms with van der Waals surface area (Å²) in [5.41, 5.74) is 2.03. The van der Waals surface area contributed by atoms with Crippen LogP contribution in [0.15, 0.2) is 121 Å². The highest BCUT2D eigenvalue weighted by atomic mass is 32.2. The van der Waals surface area contributed by atoms with Crippen molar-refractivity contribution < 1.29 is 13.8 Å². The summed E-state index contributed by atoms with van der Waals surface area (Å²) in [6, 6.07) is 35.7. The molecular formula is C28H20O3S. The Labute approximate surface area is 189 Å². The van der Waals surface area contributed by atoms with E-state index in [1.807, 2.05) is 48.5 Å². The molecule has 0 aliphatic carbocycles. The van der Waals surface area contributed by atoms with Crippen molar-refractivity contribution in [2.24, 2.45) is 0 Å². The average Bonchev–Trinajstić information content (AvgIpc) is 3.46. The molecule has 32 heavy (non-hydrogen) atoms. The number of carbonyl (C=O) groups is 2. The molecule has 1 saturated heterocycles. The number of Topliss-reactive ketones (excluding diaryl/α,β-unsaturated/α-hetero) is 2. The van der Waals surface area contributed by atoms with E-state index in [0.717, 1.165) is 0 Å². The van der Waals surface area contributed by atoms with Gasteiger partial charge in [-0.15, -0.1) is 0 Å². The molecule has 0 bridgehead atoms. The maximum absolute atomic E-state index is 14.2. The summed E-state index contributed by atoms with van der Waals surface area (Å²) in [7, 11) is -1.82. The highest BCUT2D eigenvalue weighted by Crippen LogP contribution is 2.68. The lowest BCUT2D eigenvalue weighted by Gasteiger charge is -2.22. The molecule has 0 radical (unpaired) electrons. The summed E-state index contributed by atoms with van der Waals surface area (Å²) in [4.78, 5) is 28.2. The van der Waals surface area contributed by atoms with Crippen LogP contribution in [0.25, 0.3) is 0 Å². The number of hydrogen-bond acceptors (Lipinski definition) is 3. The average molecular weight is 437 g/mol. The minimum absolute atomic E-state index is 0.309. The zero-order chi connectivity index (χ0) is 22.2. The molecule has 4 heteroatoms. The van der Waals surface area contributed by atoms with Gasteiger partial charge >= 0.3 is 0 Å². The molecule has 1 aliphatic heterocycles. The van der Waals surface area contributed by atoms with Gasteiger partial charge in [0.15, 0.2) is 21.1 Å². The number of benzene rings is 4. The van der Waals surface area contributed by atoms with Crippen molar-refractivity contribution in [1.82, 2.24) is 0 Å². The lowest BCUT2D eigenvalue weighted by atomic mass is 9.73. The van der Waals surface area contributed by atoms with Crippen LogP contribution >= 0.6 is 0 Å². The summed E-state index contributed by atoms with van der Waals surface area (Å²) < 4.78 is 11.1. The van der Waals surface area contributed by atoms with Gasteiger partial charge in [0, 0.05) is 11.1 Å². The van der Waals surface area contributed by atoms with Gasteiger partial charge in [0.2, 0.25) is 0 Å². The third kappa shape index (κ3) is 2.69. The first-order valence-electron chi connectivity index (χ1n) is 10.4. The van der Waals surface area contributed by atoms with E-state index in [1.54, 1.807) is 72.8 Å². The van der Waals surface area contributed by atoms with Crippen LogP contribution in [0.4, 0.5) is 0 Å². The van der Waals surface area contributed by atoms with Gasteiger partial charge in [-0.05, 0) is 11.1 Å². The zero-order valence-corrected chi connectivity index (χ0v) is 18.0. The van der Waals surface area contributed by atoms with E-state index >= 15 is 0 Å². The van der Waals surface area contributed by atoms with E-state index in [2.05, 4.69) is 0 Å². The molecule has 4 aromatic rings. The van der Waals surface area contributed by atoms with Crippen LogP contribution < -0.4 is 0 Å². The second-order valence-corrected chi connectivity index (χ2v) is 9.52. The van der Waals surface area contributed by atoms with Gasteiger partial charge < -0.3 is 0 Å². The molecule has 1 fully saturated rings. The van der Waals surface area contributed by atoms with E-state index < -0.39 is 20.3 Å². The Morgan fingerprint density at radius 3 is 1.06 bits per heavy atom. The Hall–Kier alpha value is -3.63. The molecule has 1 aliphatic rings. The van der Waals surface area contributed by atoms with Crippen molar-refractivity contribution in [3.63, 3.8) is 0 Å². The summed E-state index contributed by atoms with van der Waals surface area (Å²) in [6.45, 7) is 0. The second-order valence-electron chi connectivity index (χ2n) is 7.75. The van der Waals surface area contributed by atoms with Crippen LogP contribution in [0, 0.1) is 0 Å². The monoisotopic (exact) mass is 436 g/mol. The predicted molar refractivity (Wildman–Crippen MR) is 126 cm³/mol. The Morgan fingerprint density at radius 1 is 0.469 bits per heavy atom. The molecule has 0 spiro atoms. The number of rotatable bonds is 6. The minimum atomic E-state index is -1.82. The van der Waals surface area contributed by atoms with Gasteiger partial charge in [-0.2, -0.15) is 0 Å². The maximum atomic E-state index is 14.2. The highest BCUT2D eigenvalue weighted by Gasteiger charge is 2.85. The maximum Gasteiger partial charge on any atom is 0.188 e. The first-order chi connectivity index (χ1) is 15.6. The first-order valence-corrected chi connectivity index (χ1v) is 11.5. The van der Waals surface area contributed by atoms with Gasteiger partial charge in [-0.3, -0.25) is 13.8 Å². The molecule has 0 saturated carbocycles. The lowest BCUT2D eigenvalue weighted by molar-refractivity contribution is 0.0865. The molecule has 3 nitrogen and oxygen atoms in total. The van der Waals surface area contributed by atoms with E-state index in [1.165, 1.54) is 0 Å². The summed E-state index contributed by atoms with van der Waals surface area (Å²) >= 11 is 0. The molecule has 0 aromatic heterocycles. The number of ketones is 2. The van der Waals surface area contributed by atoms with Crippen LogP contribution in [0.2, 0.25) is 0 Å². The third-order valence-electron chi connectivity index (χ3n) is 6.08. The Morgan fingerprint density at radius 2 is 0.750 bits per heavy atom. The van der Waals surface area contributed by atoms with Crippen LogP contribution in [0.5, 0.6) is 0 Å². The van der Waals surface area contributed by atoms with Crippen LogP contribution in [-0.2, 0) is 20.3 Å². The van der Waals surface area contributed by atoms with Gasteiger partial charge in [0.25, 0.3) is 0 Å². The molecule has 0 amide bonds. The van der Waals surface area contributed by atoms with Crippen molar-refractivity contribution in [3.05, 3.63) is 144 Å². The largest absolute Gasteiger partial charge is 0.292 e. The molecule has 2 atom stereocenters. The summed E-state index contributed by atoms with van der Waals surface area (Å²) in [5.74, 6) is -0.619. The normalized spacial score (nSPS) is 23.9. The predicted octanol–water partition coefficient (Wildman–Crippen LogP) is 5.31. The molecule has 4 aromatic carbocycles. The van der Waals surface area contributed by atoms with Gasteiger partial charge in [-0.1, -0.05) is 121 Å². The Kier molecular flexibility index (Phi) is 4.95. The van der Waals surface area contributed by atoms with Crippen molar-refractivity contribution in [2.45, 2.75) is 9.49 Å². The minimum Gasteiger partial charge on any atom is -0.292 e. The smallest absolute Gasteiger partial charge is 0.188 e. The van der Waals surface area contributed by atoms with Crippen LogP contribution in [0.1, 0.15) is 31.8 Å². The van der Waals surface area contributed by atoms with Crippen LogP contribution in [0.3, 0.4) is 0 Å². The van der Waals surface area contributed by atoms with E-state index in [-0.39, 0.29) is 11.6 Å². The van der Waals surface area contributed by atoms with Crippen molar-refractivity contribution >= 4 is 22.4 Å². The fourth-order valence-corrected chi connectivity index (χ4v) is 7.01. The SMILES string of the molecule is O=C(c1ccccc1)C1(c2ccccc2)S(=O)C1(C(=O)c1ccccc1)c1ccccc1. The van der Waals surface area contributed by atoms with Crippen LogP contribution in [-0.4, -0.2) is 15.8 Å². The lowest BCUT2D eigenvalue weighted by Crippen LogP contribution is -2.36. The van der Waals surface area contributed by atoms with Crippen molar-refractivity contribution in [3.8, 4) is 0 Å². The first kappa shape index (κ1) is 20.3. The molecule has 2 unspecified atom stereocenters. The Bertz CT molecular complexity index is 1200. The van der Waals surface area contributed by atoms with E-state index in [9.17, 15) is 13.8 Å². The van der Waals surface area contributed by atoms with Gasteiger partial charge in [-0.25, -0.2) is 0 Å². The molecular weight excluding hydrogens is 416 g/mol. The van der Waals surface area contributed by atoms with Crippen molar-refractivity contribution in [1.29, 1.82) is 0 Å². The molecule has 0 N–H and O–H groups in total. The third-order valence-corrected chi connectivity index (χ3v) is 8.45. The van der Waals surface area contributed by atoms with E-state index in [4.69, 9.17) is 0 Å². The zero-order valence-electron chi connectivity index (χ0n) is 17.2. The molecule has 5 rings (SSSR count). The number of carbonyl (C=O) groups excluding carboxylic acids is 2. The standard InChI is InChI=1S/C28H20O3S/c29-25(21-13-5-1-6-14-21)27(23-17-9-3-10-18-23)28(32(27)31,24-19-11-4-12-20-24)26(30)22-15-7-2-8-16-22/h1-20H. The topological polar surface area (TPSA) is 51.2 Å². The fraction of sp³-hybridized carbons (Fsp3) is 0.0714. The summed E-state index contributed by atoms with van der Waals surface area (Å²) in [6.07, 6.45) is 0. The Balaban J connectivity index is 1.83. The molecule has 1 heterocycles. The van der Waals surface area contributed by atoms with Gasteiger partial charge in [0.1, 0.15) is 0 Å². The molecule has 156 valence electrons. The second kappa shape index (κ2) is 7.81.